The first-order chi connectivity index (χ1) is 6.74. The number of carbonyl (C=O) groups excluding carboxylic acids is 1. The van der Waals surface area contributed by atoms with E-state index in [0.29, 0.717) is 12.3 Å². The van der Waals surface area contributed by atoms with Crippen molar-refractivity contribution in [2.75, 3.05) is 11.9 Å². The molecular formula is C11H22BrNO. The first kappa shape index (κ1) is 13.9. The predicted octanol–water partition coefficient (Wildman–Crippen LogP) is 3.10. The Kier molecular flexibility index (Phi) is 9.47. The van der Waals surface area contributed by atoms with Gasteiger partial charge in [0.25, 0.3) is 0 Å². The molecule has 0 aromatic rings. The number of carbonyl (C=O) groups is 1. The molecule has 0 unspecified atom stereocenters. The number of nitrogens with one attached hydrogen (secondary N) is 1. The normalized spacial score (nSPS) is 10.6. The summed E-state index contributed by atoms with van der Waals surface area (Å²) >= 11 is 3.35. The molecule has 84 valence electrons. The van der Waals surface area contributed by atoms with Crippen molar-refractivity contribution in [1.82, 2.24) is 5.32 Å². The van der Waals surface area contributed by atoms with Crippen LogP contribution in [0, 0.1) is 5.92 Å². The van der Waals surface area contributed by atoms with Gasteiger partial charge in [0.05, 0.1) is 0 Å². The third-order valence-electron chi connectivity index (χ3n) is 2.53. The summed E-state index contributed by atoms with van der Waals surface area (Å²) in [6.45, 7) is 5.19. The van der Waals surface area contributed by atoms with Crippen molar-refractivity contribution in [3.05, 3.63) is 0 Å². The van der Waals surface area contributed by atoms with Gasteiger partial charge in [-0.05, 0) is 18.8 Å². The second kappa shape index (κ2) is 9.50. The molecule has 0 atom stereocenters. The van der Waals surface area contributed by atoms with Gasteiger partial charge < -0.3 is 5.32 Å². The monoisotopic (exact) mass is 263 g/mol. The zero-order chi connectivity index (χ0) is 10.8. The van der Waals surface area contributed by atoms with Crippen molar-refractivity contribution < 1.29 is 4.79 Å². The van der Waals surface area contributed by atoms with Crippen molar-refractivity contribution in [2.45, 2.75) is 46.0 Å². The SMILES string of the molecule is CCC(CC)CNC(=O)CCCCBr. The first-order valence-electron chi connectivity index (χ1n) is 5.57. The van der Waals surface area contributed by atoms with Crippen LogP contribution in [0.3, 0.4) is 0 Å². The van der Waals surface area contributed by atoms with E-state index in [9.17, 15) is 4.79 Å². The molecule has 0 fully saturated rings. The molecule has 3 heteroatoms. The Balaban J connectivity index is 3.42. The van der Waals surface area contributed by atoms with Crippen LogP contribution in [-0.4, -0.2) is 17.8 Å². The van der Waals surface area contributed by atoms with E-state index in [1.54, 1.807) is 0 Å². The molecule has 14 heavy (non-hydrogen) atoms. The minimum atomic E-state index is 0.206. The molecule has 0 bridgehead atoms. The van der Waals surface area contributed by atoms with Crippen LogP contribution in [0.1, 0.15) is 46.0 Å². The van der Waals surface area contributed by atoms with Gasteiger partial charge in [-0.1, -0.05) is 42.6 Å². The number of hydrogen-bond acceptors (Lipinski definition) is 1. The average molecular weight is 264 g/mol. The first-order valence-corrected chi connectivity index (χ1v) is 6.69. The maximum Gasteiger partial charge on any atom is 0.220 e. The van der Waals surface area contributed by atoms with Crippen molar-refractivity contribution in [3.63, 3.8) is 0 Å². The molecule has 0 heterocycles. The molecule has 0 saturated carbocycles. The fourth-order valence-corrected chi connectivity index (χ4v) is 1.70. The largest absolute Gasteiger partial charge is 0.356 e. The Bertz CT molecular complexity index is 146. The topological polar surface area (TPSA) is 29.1 Å². The quantitative estimate of drug-likeness (QED) is 0.529. The Morgan fingerprint density at radius 3 is 2.43 bits per heavy atom. The third-order valence-corrected chi connectivity index (χ3v) is 3.09. The molecule has 0 aliphatic rings. The van der Waals surface area contributed by atoms with Crippen LogP contribution in [-0.2, 0) is 4.79 Å². The summed E-state index contributed by atoms with van der Waals surface area (Å²) in [5.74, 6) is 0.855. The van der Waals surface area contributed by atoms with Gasteiger partial charge >= 0.3 is 0 Å². The van der Waals surface area contributed by atoms with E-state index in [1.165, 1.54) is 0 Å². The molecule has 0 rings (SSSR count). The van der Waals surface area contributed by atoms with Crippen molar-refractivity contribution in [2.24, 2.45) is 5.92 Å². The molecule has 0 aromatic carbocycles. The smallest absolute Gasteiger partial charge is 0.220 e. The van der Waals surface area contributed by atoms with Crippen LogP contribution in [0.25, 0.3) is 0 Å². The maximum absolute atomic E-state index is 11.3. The summed E-state index contributed by atoms with van der Waals surface area (Å²) in [6.07, 6.45) is 5.04. The summed E-state index contributed by atoms with van der Waals surface area (Å²) in [4.78, 5) is 11.3. The van der Waals surface area contributed by atoms with Crippen molar-refractivity contribution in [1.29, 1.82) is 0 Å². The van der Waals surface area contributed by atoms with Crippen LogP contribution < -0.4 is 5.32 Å². The summed E-state index contributed by atoms with van der Waals surface area (Å²) < 4.78 is 0. The van der Waals surface area contributed by atoms with Crippen LogP contribution >= 0.6 is 15.9 Å². The van der Waals surface area contributed by atoms with Crippen molar-refractivity contribution in [3.8, 4) is 0 Å². The fraction of sp³-hybridized carbons (Fsp3) is 0.909. The lowest BCUT2D eigenvalue weighted by Crippen LogP contribution is -2.28. The summed E-state index contributed by atoms with van der Waals surface area (Å²) in [7, 11) is 0. The zero-order valence-corrected chi connectivity index (χ0v) is 10.9. The van der Waals surface area contributed by atoms with Gasteiger partial charge in [0.15, 0.2) is 0 Å². The highest BCUT2D eigenvalue weighted by Crippen LogP contribution is 2.05. The van der Waals surface area contributed by atoms with Crippen LogP contribution in [0.4, 0.5) is 0 Å². The lowest BCUT2D eigenvalue weighted by atomic mass is 10.0. The highest BCUT2D eigenvalue weighted by molar-refractivity contribution is 9.09. The van der Waals surface area contributed by atoms with Gasteiger partial charge in [0.1, 0.15) is 0 Å². The number of amides is 1. The standard InChI is InChI=1S/C11H22BrNO/c1-3-10(4-2)9-13-11(14)7-5-6-8-12/h10H,3-9H2,1-2H3,(H,13,14). The summed E-state index contributed by atoms with van der Waals surface area (Å²) in [6, 6.07) is 0. The number of halogens is 1. The molecule has 0 saturated heterocycles. The number of hydrogen-bond donors (Lipinski definition) is 1. The van der Waals surface area contributed by atoms with E-state index in [2.05, 4.69) is 35.1 Å². The lowest BCUT2D eigenvalue weighted by molar-refractivity contribution is -0.121. The molecule has 0 radical (unpaired) electrons. The third kappa shape index (κ3) is 7.36. The second-order valence-corrected chi connectivity index (χ2v) is 4.43. The Hall–Kier alpha value is -0.0500. The van der Waals surface area contributed by atoms with E-state index in [-0.39, 0.29) is 5.91 Å². The highest BCUT2D eigenvalue weighted by Gasteiger charge is 2.05. The minimum Gasteiger partial charge on any atom is -0.356 e. The summed E-state index contributed by atoms with van der Waals surface area (Å²) in [5.41, 5.74) is 0. The highest BCUT2D eigenvalue weighted by atomic mass is 79.9. The van der Waals surface area contributed by atoms with Gasteiger partial charge in [-0.25, -0.2) is 0 Å². The lowest BCUT2D eigenvalue weighted by Gasteiger charge is -2.12. The molecule has 0 aromatic heterocycles. The van der Waals surface area contributed by atoms with E-state index in [0.717, 1.165) is 37.6 Å². The number of unbranched alkanes of at least 4 members (excludes halogenated alkanes) is 1. The molecular weight excluding hydrogens is 242 g/mol. The zero-order valence-electron chi connectivity index (χ0n) is 9.31. The van der Waals surface area contributed by atoms with Gasteiger partial charge in [-0.15, -0.1) is 0 Å². The van der Waals surface area contributed by atoms with Gasteiger partial charge in [0.2, 0.25) is 5.91 Å². The molecule has 0 aliphatic heterocycles. The Labute approximate surface area is 96.0 Å². The molecule has 2 nitrogen and oxygen atoms in total. The maximum atomic E-state index is 11.3. The van der Waals surface area contributed by atoms with Gasteiger partial charge in [-0.2, -0.15) is 0 Å². The second-order valence-electron chi connectivity index (χ2n) is 3.63. The van der Waals surface area contributed by atoms with Gasteiger partial charge in [0, 0.05) is 18.3 Å². The fourth-order valence-electron chi connectivity index (χ4n) is 1.30. The van der Waals surface area contributed by atoms with Crippen LogP contribution in [0.2, 0.25) is 0 Å². The molecule has 0 aliphatic carbocycles. The van der Waals surface area contributed by atoms with Crippen LogP contribution in [0.5, 0.6) is 0 Å². The van der Waals surface area contributed by atoms with E-state index in [4.69, 9.17) is 0 Å². The van der Waals surface area contributed by atoms with Gasteiger partial charge in [-0.3, -0.25) is 4.79 Å². The Morgan fingerprint density at radius 1 is 1.29 bits per heavy atom. The van der Waals surface area contributed by atoms with Crippen LogP contribution in [0.15, 0.2) is 0 Å². The van der Waals surface area contributed by atoms with E-state index in [1.807, 2.05) is 0 Å². The average Bonchev–Trinajstić information content (AvgIpc) is 2.20. The molecule has 0 spiro atoms. The van der Waals surface area contributed by atoms with E-state index >= 15 is 0 Å². The molecule has 1 amide bonds. The minimum absolute atomic E-state index is 0.206. The van der Waals surface area contributed by atoms with E-state index < -0.39 is 0 Å². The summed E-state index contributed by atoms with van der Waals surface area (Å²) in [5, 5.41) is 3.98. The number of rotatable bonds is 8. The number of alkyl halides is 1. The predicted molar refractivity (Wildman–Crippen MR) is 64.7 cm³/mol. The molecule has 1 N–H and O–H groups in total. The Morgan fingerprint density at radius 2 is 1.93 bits per heavy atom. The van der Waals surface area contributed by atoms with Crippen molar-refractivity contribution >= 4 is 21.8 Å².